The van der Waals surface area contributed by atoms with Gasteiger partial charge in [0.1, 0.15) is 6.10 Å². The predicted molar refractivity (Wildman–Crippen MR) is 99.2 cm³/mol. The van der Waals surface area contributed by atoms with E-state index in [0.717, 1.165) is 5.69 Å². The number of rotatable bonds is 5. The summed E-state index contributed by atoms with van der Waals surface area (Å²) in [7, 11) is 0. The molecule has 1 aromatic heterocycles. The minimum absolute atomic E-state index is 0.0767. The highest BCUT2D eigenvalue weighted by atomic mass is 19.1. The molecule has 2 aromatic carbocycles. The normalized spacial score (nSPS) is 14.9. The largest absolute Gasteiger partial charge is 0.485 e. The van der Waals surface area contributed by atoms with E-state index in [2.05, 4.69) is 9.88 Å². The number of nitrogens with one attached hydrogen (secondary N) is 1. The van der Waals surface area contributed by atoms with E-state index in [9.17, 15) is 14.0 Å². The topological polar surface area (TPSA) is 88.4 Å². The van der Waals surface area contributed by atoms with Crippen molar-refractivity contribution in [1.29, 1.82) is 0 Å². The van der Waals surface area contributed by atoms with Gasteiger partial charge in [0.15, 0.2) is 17.0 Å². The maximum Gasteiger partial charge on any atom is 0.248 e. The number of para-hydroxylation sites is 1. The fraction of sp³-hybridized carbons (Fsp3) is 0.200. The number of carbonyl (C=O) groups is 1. The van der Waals surface area contributed by atoms with Gasteiger partial charge < -0.3 is 15.5 Å². The molecule has 0 saturated carbocycles. The summed E-state index contributed by atoms with van der Waals surface area (Å²) in [6.45, 7) is 1.85. The molecule has 3 N–H and O–H groups in total. The summed E-state index contributed by atoms with van der Waals surface area (Å²) in [4.78, 5) is 28.9. The quantitative estimate of drug-likeness (QED) is 0.722. The number of hydrogen-bond donors (Lipinski definition) is 2. The number of benzene rings is 2. The van der Waals surface area contributed by atoms with Crippen molar-refractivity contribution in [3.63, 3.8) is 0 Å². The van der Waals surface area contributed by atoms with E-state index in [-0.39, 0.29) is 23.1 Å². The Bertz CT molecular complexity index is 1070. The molecule has 3 aromatic rings. The second-order valence-corrected chi connectivity index (χ2v) is 6.65. The lowest BCUT2D eigenvalue weighted by atomic mass is 10.1. The molecule has 6 nitrogen and oxygen atoms in total. The summed E-state index contributed by atoms with van der Waals surface area (Å²) in [5, 5.41) is 0.430. The number of H-pyrrole nitrogens is 1. The maximum absolute atomic E-state index is 13.6. The molecule has 1 aliphatic rings. The van der Waals surface area contributed by atoms with Crippen LogP contribution in [0.3, 0.4) is 0 Å². The molecule has 1 fully saturated rings. The lowest BCUT2D eigenvalue weighted by Gasteiger charge is -2.38. The second-order valence-electron chi connectivity index (χ2n) is 6.65. The van der Waals surface area contributed by atoms with Crippen molar-refractivity contribution in [2.75, 3.05) is 13.1 Å². The highest BCUT2D eigenvalue weighted by molar-refractivity contribution is 5.96. The van der Waals surface area contributed by atoms with Crippen molar-refractivity contribution in [3.05, 3.63) is 75.8 Å². The van der Waals surface area contributed by atoms with E-state index in [4.69, 9.17) is 10.5 Å². The van der Waals surface area contributed by atoms with Crippen LogP contribution in [0.2, 0.25) is 0 Å². The monoisotopic (exact) mass is 367 g/mol. The van der Waals surface area contributed by atoms with Crippen LogP contribution in [0.4, 0.5) is 4.39 Å². The molecule has 0 unspecified atom stereocenters. The summed E-state index contributed by atoms with van der Waals surface area (Å²) in [6, 6.07) is 12.6. The Balaban J connectivity index is 1.43. The Hall–Kier alpha value is -3.19. The van der Waals surface area contributed by atoms with E-state index in [1.807, 2.05) is 0 Å². The molecule has 27 heavy (non-hydrogen) atoms. The Morgan fingerprint density at radius 2 is 2.00 bits per heavy atom. The van der Waals surface area contributed by atoms with Crippen LogP contribution in [0.25, 0.3) is 10.9 Å². The third-order valence-corrected chi connectivity index (χ3v) is 4.62. The Kier molecular flexibility index (Phi) is 4.37. The van der Waals surface area contributed by atoms with Gasteiger partial charge in [-0.25, -0.2) is 4.39 Å². The van der Waals surface area contributed by atoms with Crippen molar-refractivity contribution in [3.8, 4) is 5.75 Å². The van der Waals surface area contributed by atoms with Crippen molar-refractivity contribution in [1.82, 2.24) is 9.88 Å². The molecular weight excluding hydrogens is 349 g/mol. The van der Waals surface area contributed by atoms with Gasteiger partial charge in [-0.1, -0.05) is 12.1 Å². The Morgan fingerprint density at radius 1 is 1.22 bits per heavy atom. The van der Waals surface area contributed by atoms with Crippen molar-refractivity contribution in [2.45, 2.75) is 12.6 Å². The molecule has 4 rings (SSSR count). The van der Waals surface area contributed by atoms with Crippen LogP contribution in [0.15, 0.2) is 53.3 Å². The van der Waals surface area contributed by atoms with E-state index < -0.39 is 5.91 Å². The fourth-order valence-electron chi connectivity index (χ4n) is 3.23. The van der Waals surface area contributed by atoms with Crippen LogP contribution in [-0.4, -0.2) is 35.0 Å². The Morgan fingerprint density at radius 3 is 2.74 bits per heavy atom. The second kappa shape index (κ2) is 6.85. The van der Waals surface area contributed by atoms with Crippen molar-refractivity contribution < 1.29 is 13.9 Å². The van der Waals surface area contributed by atoms with Gasteiger partial charge >= 0.3 is 0 Å². The number of likely N-dealkylation sites (tertiary alicyclic amines) is 1. The average Bonchev–Trinajstić information content (AvgIpc) is 2.61. The maximum atomic E-state index is 13.6. The molecule has 0 spiro atoms. The van der Waals surface area contributed by atoms with E-state index in [1.54, 1.807) is 30.3 Å². The third kappa shape index (κ3) is 3.54. The number of amides is 1. The van der Waals surface area contributed by atoms with Gasteiger partial charge in [0.2, 0.25) is 5.91 Å². The number of aromatic nitrogens is 1. The van der Waals surface area contributed by atoms with Crippen LogP contribution < -0.4 is 15.9 Å². The first kappa shape index (κ1) is 17.2. The summed E-state index contributed by atoms with van der Waals surface area (Å²) < 4.78 is 19.3. The average molecular weight is 367 g/mol. The number of hydrogen-bond acceptors (Lipinski definition) is 4. The van der Waals surface area contributed by atoms with Gasteiger partial charge in [0.05, 0.1) is 0 Å². The predicted octanol–water partition coefficient (Wildman–Crippen LogP) is 2.03. The molecule has 0 bridgehead atoms. The number of carbonyl (C=O) groups excluding carboxylic acids is 1. The first-order valence-corrected chi connectivity index (χ1v) is 8.59. The van der Waals surface area contributed by atoms with Gasteiger partial charge in [0.25, 0.3) is 0 Å². The molecule has 7 heteroatoms. The number of halogens is 1. The molecule has 138 valence electrons. The van der Waals surface area contributed by atoms with Crippen LogP contribution in [-0.2, 0) is 6.54 Å². The van der Waals surface area contributed by atoms with Crippen molar-refractivity contribution >= 4 is 16.8 Å². The zero-order chi connectivity index (χ0) is 19.0. The minimum atomic E-state index is -0.568. The van der Waals surface area contributed by atoms with Crippen LogP contribution in [0, 0.1) is 5.82 Å². The lowest BCUT2D eigenvalue weighted by Crippen LogP contribution is -2.53. The molecule has 0 aliphatic carbocycles. The van der Waals surface area contributed by atoms with Gasteiger partial charge in [-0.2, -0.15) is 0 Å². The summed E-state index contributed by atoms with van der Waals surface area (Å²) in [5.41, 5.74) is 6.82. The van der Waals surface area contributed by atoms with Crippen LogP contribution in [0.5, 0.6) is 5.75 Å². The number of nitrogens with two attached hydrogens (primary N) is 1. The van der Waals surface area contributed by atoms with Gasteiger partial charge in [-0.3, -0.25) is 14.5 Å². The van der Waals surface area contributed by atoms with Crippen molar-refractivity contribution in [2.24, 2.45) is 5.73 Å². The summed E-state index contributed by atoms with van der Waals surface area (Å²) >= 11 is 0. The summed E-state index contributed by atoms with van der Waals surface area (Å²) in [5.74, 6) is -0.682. The minimum Gasteiger partial charge on any atom is -0.485 e. The number of fused-ring (bicyclic) bond motifs is 1. The van der Waals surface area contributed by atoms with Gasteiger partial charge in [-0.05, 0) is 30.3 Å². The van der Waals surface area contributed by atoms with Gasteiger partial charge in [-0.15, -0.1) is 0 Å². The number of aromatic amines is 1. The fourth-order valence-corrected chi connectivity index (χ4v) is 3.23. The smallest absolute Gasteiger partial charge is 0.248 e. The molecule has 1 aliphatic heterocycles. The van der Waals surface area contributed by atoms with Gasteiger partial charge in [0, 0.05) is 47.9 Å². The first-order valence-electron chi connectivity index (χ1n) is 8.59. The molecule has 1 amide bonds. The zero-order valence-electron chi connectivity index (χ0n) is 14.4. The van der Waals surface area contributed by atoms with Crippen LogP contribution >= 0.6 is 0 Å². The molecule has 1 saturated heterocycles. The SMILES string of the molecule is NC(=O)c1ccc2[nH]c(CN3CC(Oc4ccccc4F)C3)cc(=O)c2c1. The first-order chi connectivity index (χ1) is 13.0. The number of nitrogens with zero attached hydrogens (tertiary/aromatic N) is 1. The number of ether oxygens (including phenoxy) is 1. The molecule has 0 radical (unpaired) electrons. The van der Waals surface area contributed by atoms with E-state index >= 15 is 0 Å². The highest BCUT2D eigenvalue weighted by Gasteiger charge is 2.29. The van der Waals surface area contributed by atoms with E-state index in [1.165, 1.54) is 18.2 Å². The number of primary amides is 1. The lowest BCUT2D eigenvalue weighted by molar-refractivity contribution is 0.0116. The highest BCUT2D eigenvalue weighted by Crippen LogP contribution is 2.22. The standard InChI is InChI=1S/C20H18FN3O3/c21-16-3-1-2-4-19(16)27-14-10-24(11-14)9-13-8-18(25)15-7-12(20(22)26)5-6-17(15)23-13/h1-8,14H,9-11H2,(H2,22,26)(H,23,25). The zero-order valence-corrected chi connectivity index (χ0v) is 14.4. The van der Waals surface area contributed by atoms with Crippen LogP contribution in [0.1, 0.15) is 16.1 Å². The molecule has 0 atom stereocenters. The number of pyridine rings is 1. The van der Waals surface area contributed by atoms with E-state index in [0.29, 0.717) is 36.1 Å². The Labute approximate surface area is 154 Å². The third-order valence-electron chi connectivity index (χ3n) is 4.62. The molecule has 2 heterocycles. The summed E-state index contributed by atoms with van der Waals surface area (Å²) in [6.07, 6.45) is -0.0767. The molecular formula is C20H18FN3O3.